The first-order chi connectivity index (χ1) is 8.70. The van der Waals surface area contributed by atoms with E-state index in [0.29, 0.717) is 16.5 Å². The molecule has 5 nitrogen and oxygen atoms in total. The number of nitrogens with one attached hydrogen (secondary N) is 1. The van der Waals surface area contributed by atoms with Gasteiger partial charge in [-0.2, -0.15) is 0 Å². The van der Waals surface area contributed by atoms with E-state index in [1.807, 2.05) is 0 Å². The number of alkyl halides is 1. The van der Waals surface area contributed by atoms with Gasteiger partial charge in [0.25, 0.3) is 5.91 Å². The molecule has 2 heterocycles. The van der Waals surface area contributed by atoms with Gasteiger partial charge in [-0.25, -0.2) is 9.97 Å². The van der Waals surface area contributed by atoms with Crippen molar-refractivity contribution in [3.8, 4) is 0 Å². The molecule has 0 saturated carbocycles. The summed E-state index contributed by atoms with van der Waals surface area (Å²) in [6, 6.07) is 3.16. The highest BCUT2D eigenvalue weighted by Gasteiger charge is 2.13. The highest BCUT2D eigenvalue weighted by Crippen LogP contribution is 2.14. The summed E-state index contributed by atoms with van der Waals surface area (Å²) in [7, 11) is 0. The summed E-state index contributed by atoms with van der Waals surface area (Å²) in [4.78, 5) is 23.7. The van der Waals surface area contributed by atoms with Crippen LogP contribution < -0.4 is 5.32 Å². The maximum absolute atomic E-state index is 12.0. The molecule has 0 atom stereocenters. The lowest BCUT2D eigenvalue weighted by Crippen LogP contribution is -2.16. The van der Waals surface area contributed by atoms with Crippen LogP contribution in [0.2, 0.25) is 5.15 Å². The predicted octanol–water partition coefficient (Wildman–Crippen LogP) is 2.52. The number of hydrogen-bond donors (Lipinski definition) is 1. The number of pyridine rings is 1. The average molecular weight is 283 g/mol. The molecule has 7 heteroatoms. The molecule has 2 rings (SSSR count). The highest BCUT2D eigenvalue weighted by atomic mass is 35.5. The van der Waals surface area contributed by atoms with Crippen molar-refractivity contribution in [3.05, 3.63) is 47.3 Å². The zero-order valence-electron chi connectivity index (χ0n) is 9.10. The minimum absolute atomic E-state index is 0.119. The Balaban J connectivity index is 2.22. The highest BCUT2D eigenvalue weighted by molar-refractivity contribution is 6.29. The summed E-state index contributed by atoms with van der Waals surface area (Å²) in [5.41, 5.74) is 1.16. The van der Waals surface area contributed by atoms with Crippen molar-refractivity contribution in [3.63, 3.8) is 0 Å². The van der Waals surface area contributed by atoms with E-state index in [-0.39, 0.29) is 17.5 Å². The second kappa shape index (κ2) is 5.75. The molecule has 0 spiro atoms. The average Bonchev–Trinajstić information content (AvgIpc) is 2.38. The molecule has 92 valence electrons. The van der Waals surface area contributed by atoms with Gasteiger partial charge in [0.05, 0.1) is 11.6 Å². The van der Waals surface area contributed by atoms with Crippen molar-refractivity contribution in [2.75, 3.05) is 5.32 Å². The predicted molar refractivity (Wildman–Crippen MR) is 68.8 cm³/mol. The van der Waals surface area contributed by atoms with Crippen molar-refractivity contribution in [1.29, 1.82) is 0 Å². The van der Waals surface area contributed by atoms with E-state index in [9.17, 15) is 4.79 Å². The molecule has 0 radical (unpaired) electrons. The molecular formula is C11H8Cl2N4O. The van der Waals surface area contributed by atoms with E-state index in [4.69, 9.17) is 23.2 Å². The molecule has 0 aliphatic heterocycles. The van der Waals surface area contributed by atoms with E-state index < -0.39 is 0 Å². The van der Waals surface area contributed by atoms with Gasteiger partial charge in [0, 0.05) is 24.3 Å². The van der Waals surface area contributed by atoms with Crippen LogP contribution in [0.5, 0.6) is 0 Å². The smallest absolute Gasteiger partial charge is 0.276 e. The molecule has 18 heavy (non-hydrogen) atoms. The lowest BCUT2D eigenvalue weighted by Gasteiger charge is -2.06. The zero-order chi connectivity index (χ0) is 13.0. The summed E-state index contributed by atoms with van der Waals surface area (Å²) < 4.78 is 0. The molecule has 2 aromatic heterocycles. The molecular weight excluding hydrogens is 275 g/mol. The van der Waals surface area contributed by atoms with Gasteiger partial charge < -0.3 is 5.32 Å². The normalized spacial score (nSPS) is 10.1. The van der Waals surface area contributed by atoms with Crippen molar-refractivity contribution in [2.24, 2.45) is 0 Å². The van der Waals surface area contributed by atoms with Crippen LogP contribution in [0.15, 0.2) is 30.7 Å². The molecule has 0 unspecified atom stereocenters. The van der Waals surface area contributed by atoms with Gasteiger partial charge >= 0.3 is 0 Å². The Hall–Kier alpha value is -1.72. The minimum Gasteiger partial charge on any atom is -0.320 e. The molecule has 0 aliphatic rings. The molecule has 1 amide bonds. The Bertz CT molecular complexity index is 576. The molecule has 0 saturated heterocycles. The van der Waals surface area contributed by atoms with Gasteiger partial charge in [0.2, 0.25) is 0 Å². The van der Waals surface area contributed by atoms with Crippen molar-refractivity contribution in [1.82, 2.24) is 15.0 Å². The maximum atomic E-state index is 12.0. The number of aromatic nitrogens is 3. The minimum atomic E-state index is -0.388. The van der Waals surface area contributed by atoms with E-state index >= 15 is 0 Å². The fraction of sp³-hybridized carbons (Fsp3) is 0.0909. The van der Waals surface area contributed by atoms with E-state index in [1.54, 1.807) is 6.07 Å². The van der Waals surface area contributed by atoms with E-state index in [0.717, 1.165) is 0 Å². The van der Waals surface area contributed by atoms with Crippen LogP contribution in [0, 0.1) is 0 Å². The molecule has 0 aliphatic carbocycles. The molecule has 0 bridgehead atoms. The largest absolute Gasteiger partial charge is 0.320 e. The SMILES string of the molecule is O=C(Nc1ccnc(Cl)c1)c1nccnc1CCl. The first kappa shape index (κ1) is 12.7. The number of carbonyl (C=O) groups is 1. The molecule has 0 aromatic carbocycles. The second-order valence-corrected chi connectivity index (χ2v) is 3.96. The Morgan fingerprint density at radius 1 is 1.22 bits per heavy atom. The van der Waals surface area contributed by atoms with Gasteiger partial charge in [0.15, 0.2) is 5.69 Å². The number of hydrogen-bond acceptors (Lipinski definition) is 4. The van der Waals surface area contributed by atoms with Crippen LogP contribution in [0.1, 0.15) is 16.2 Å². The number of halogens is 2. The number of amides is 1. The number of anilines is 1. The quantitative estimate of drug-likeness (QED) is 0.694. The van der Waals surface area contributed by atoms with Crippen LogP contribution in [-0.4, -0.2) is 20.9 Å². The standard InChI is InChI=1S/C11H8Cl2N4O/c12-6-8-10(16-4-3-14-8)11(18)17-7-1-2-15-9(13)5-7/h1-5H,6H2,(H,15,17,18). The summed E-state index contributed by atoms with van der Waals surface area (Å²) >= 11 is 11.4. The maximum Gasteiger partial charge on any atom is 0.276 e. The number of carbonyl (C=O) groups excluding carboxylic acids is 1. The third kappa shape index (κ3) is 2.94. The van der Waals surface area contributed by atoms with Crippen LogP contribution in [0.3, 0.4) is 0 Å². The second-order valence-electron chi connectivity index (χ2n) is 3.31. The van der Waals surface area contributed by atoms with Crippen LogP contribution in [0.4, 0.5) is 5.69 Å². The van der Waals surface area contributed by atoms with Crippen molar-refractivity contribution >= 4 is 34.8 Å². The first-order valence-electron chi connectivity index (χ1n) is 4.99. The van der Waals surface area contributed by atoms with Gasteiger partial charge in [-0.3, -0.25) is 9.78 Å². The summed E-state index contributed by atoms with van der Waals surface area (Å²) in [5, 5.41) is 2.95. The third-order valence-electron chi connectivity index (χ3n) is 2.10. The summed E-state index contributed by atoms with van der Waals surface area (Å²) in [5.74, 6) is -0.269. The van der Waals surface area contributed by atoms with Crippen LogP contribution in [0.25, 0.3) is 0 Å². The van der Waals surface area contributed by atoms with Gasteiger partial charge in [-0.05, 0) is 12.1 Å². The monoisotopic (exact) mass is 282 g/mol. The van der Waals surface area contributed by atoms with Gasteiger partial charge in [-0.15, -0.1) is 11.6 Å². The lowest BCUT2D eigenvalue weighted by atomic mass is 10.3. The summed E-state index contributed by atoms with van der Waals surface area (Å²) in [6.45, 7) is 0. The van der Waals surface area contributed by atoms with Gasteiger partial charge in [0.1, 0.15) is 5.15 Å². The van der Waals surface area contributed by atoms with Crippen LogP contribution in [-0.2, 0) is 5.88 Å². The number of nitrogens with zero attached hydrogens (tertiary/aromatic N) is 3. The lowest BCUT2D eigenvalue weighted by molar-refractivity contribution is 0.102. The van der Waals surface area contributed by atoms with E-state index in [2.05, 4.69) is 20.3 Å². The Morgan fingerprint density at radius 3 is 2.72 bits per heavy atom. The number of rotatable bonds is 3. The molecule has 0 fully saturated rings. The van der Waals surface area contributed by atoms with Crippen molar-refractivity contribution < 1.29 is 4.79 Å². The molecule has 1 N–H and O–H groups in total. The Morgan fingerprint density at radius 2 is 2.00 bits per heavy atom. The third-order valence-corrected chi connectivity index (χ3v) is 2.56. The fourth-order valence-corrected chi connectivity index (χ4v) is 1.69. The Labute approximate surface area is 113 Å². The van der Waals surface area contributed by atoms with Crippen molar-refractivity contribution in [2.45, 2.75) is 5.88 Å². The fourth-order valence-electron chi connectivity index (χ4n) is 1.32. The molecule has 2 aromatic rings. The topological polar surface area (TPSA) is 67.8 Å². The Kier molecular flexibility index (Phi) is 4.07. The van der Waals surface area contributed by atoms with E-state index in [1.165, 1.54) is 24.7 Å². The summed E-state index contributed by atoms with van der Waals surface area (Å²) in [6.07, 6.45) is 4.42. The first-order valence-corrected chi connectivity index (χ1v) is 5.90. The van der Waals surface area contributed by atoms with Gasteiger partial charge in [-0.1, -0.05) is 11.6 Å². The van der Waals surface area contributed by atoms with Crippen LogP contribution >= 0.6 is 23.2 Å². The zero-order valence-corrected chi connectivity index (χ0v) is 10.6.